The highest BCUT2D eigenvalue weighted by atomic mass is 32.1. The van der Waals surface area contributed by atoms with E-state index in [0.717, 1.165) is 0 Å². The van der Waals surface area contributed by atoms with Gasteiger partial charge in [-0.1, -0.05) is 12.2 Å². The number of pyridine rings is 1. The molecule has 20 heavy (non-hydrogen) atoms. The van der Waals surface area contributed by atoms with Gasteiger partial charge < -0.3 is 14.6 Å². The van der Waals surface area contributed by atoms with Crippen molar-refractivity contribution in [2.45, 2.75) is 32.8 Å². The number of hydrogen-bond acceptors (Lipinski definition) is 4. The lowest BCUT2D eigenvalue weighted by Gasteiger charge is -2.21. The van der Waals surface area contributed by atoms with Gasteiger partial charge >= 0.3 is 5.97 Å². The number of aromatic nitrogens is 1. The molecule has 1 N–H and O–H groups in total. The number of rotatable bonds is 4. The smallest absolute Gasteiger partial charge is 0.308 e. The number of ether oxygens (including phenoxy) is 1. The third kappa shape index (κ3) is 5.13. The van der Waals surface area contributed by atoms with Crippen LogP contribution < -0.4 is 0 Å². The Hall–Kier alpha value is -1.69. The Bertz CT molecular complexity index is 546. The van der Waals surface area contributed by atoms with Crippen LogP contribution >= 0.6 is 12.2 Å². The summed E-state index contributed by atoms with van der Waals surface area (Å²) in [5, 5.41) is 0. The summed E-state index contributed by atoms with van der Waals surface area (Å²) < 4.78 is 5.58. The molecule has 1 heterocycles. The summed E-state index contributed by atoms with van der Waals surface area (Å²) in [6.07, 6.45) is 1.82. The Labute approximate surface area is 123 Å². The summed E-state index contributed by atoms with van der Waals surface area (Å²) in [6.45, 7) is 5.71. The quantitative estimate of drug-likeness (QED) is 0.685. The van der Waals surface area contributed by atoms with Gasteiger partial charge in [0.15, 0.2) is 0 Å². The Balaban J connectivity index is 2.58. The minimum atomic E-state index is -0.512. The SMILES string of the molecule is CN(CCC(=O)OC(C)(C)C)C(=O)c1ccc[nH]c1=S. The van der Waals surface area contributed by atoms with Crippen molar-refractivity contribution in [1.29, 1.82) is 0 Å². The molecule has 0 aliphatic heterocycles. The third-order valence-corrected chi connectivity index (χ3v) is 2.80. The van der Waals surface area contributed by atoms with Gasteiger partial charge in [0.05, 0.1) is 12.0 Å². The zero-order valence-corrected chi connectivity index (χ0v) is 13.0. The van der Waals surface area contributed by atoms with Gasteiger partial charge in [-0.05, 0) is 32.9 Å². The largest absolute Gasteiger partial charge is 0.460 e. The predicted octanol–water partition coefficient (Wildman–Crippen LogP) is 2.55. The first-order valence-electron chi connectivity index (χ1n) is 6.36. The monoisotopic (exact) mass is 296 g/mol. The maximum Gasteiger partial charge on any atom is 0.308 e. The first-order valence-corrected chi connectivity index (χ1v) is 6.76. The zero-order chi connectivity index (χ0) is 15.3. The van der Waals surface area contributed by atoms with Gasteiger partial charge in [0, 0.05) is 19.8 Å². The molecule has 6 heteroatoms. The molecule has 0 bridgehead atoms. The number of esters is 1. The standard InChI is InChI=1S/C14H20N2O3S/c1-14(2,3)19-11(17)7-9-16(4)13(18)10-6-5-8-15-12(10)20/h5-6,8H,7,9H2,1-4H3,(H,15,20). The average molecular weight is 296 g/mol. The lowest BCUT2D eigenvalue weighted by molar-refractivity contribution is -0.154. The summed E-state index contributed by atoms with van der Waals surface area (Å²) in [6, 6.07) is 3.37. The summed E-state index contributed by atoms with van der Waals surface area (Å²) in [5.41, 5.74) is -0.0869. The van der Waals surface area contributed by atoms with E-state index in [4.69, 9.17) is 17.0 Å². The van der Waals surface area contributed by atoms with Crippen LogP contribution in [0.2, 0.25) is 0 Å². The molecule has 0 aliphatic rings. The topological polar surface area (TPSA) is 62.4 Å². The van der Waals surface area contributed by atoms with E-state index < -0.39 is 5.60 Å². The van der Waals surface area contributed by atoms with E-state index in [1.807, 2.05) is 20.8 Å². The van der Waals surface area contributed by atoms with Crippen LogP contribution in [0, 0.1) is 4.64 Å². The molecule has 1 aromatic rings. The molecule has 1 rings (SSSR count). The van der Waals surface area contributed by atoms with Gasteiger partial charge in [0.2, 0.25) is 0 Å². The molecule has 0 unspecified atom stereocenters. The highest BCUT2D eigenvalue weighted by molar-refractivity contribution is 7.71. The molecule has 0 saturated heterocycles. The van der Waals surface area contributed by atoms with E-state index in [1.54, 1.807) is 25.4 Å². The molecule has 0 spiro atoms. The van der Waals surface area contributed by atoms with Crippen molar-refractivity contribution in [3.05, 3.63) is 28.5 Å². The molecule has 1 aromatic heterocycles. The van der Waals surface area contributed by atoms with Gasteiger partial charge in [-0.3, -0.25) is 9.59 Å². The Morgan fingerprint density at radius 3 is 2.60 bits per heavy atom. The summed E-state index contributed by atoms with van der Waals surface area (Å²) in [4.78, 5) is 28.0. The molecule has 110 valence electrons. The molecular formula is C14H20N2O3S. The van der Waals surface area contributed by atoms with Crippen molar-refractivity contribution < 1.29 is 14.3 Å². The van der Waals surface area contributed by atoms with Gasteiger partial charge in [-0.15, -0.1) is 0 Å². The number of amides is 1. The van der Waals surface area contributed by atoms with Crippen LogP contribution in [0.3, 0.4) is 0 Å². The van der Waals surface area contributed by atoms with Crippen molar-refractivity contribution >= 4 is 24.1 Å². The van der Waals surface area contributed by atoms with Gasteiger partial charge in [0.1, 0.15) is 10.2 Å². The van der Waals surface area contributed by atoms with Crippen molar-refractivity contribution in [3.8, 4) is 0 Å². The van der Waals surface area contributed by atoms with E-state index in [-0.39, 0.29) is 24.8 Å². The maximum absolute atomic E-state index is 12.2. The van der Waals surface area contributed by atoms with E-state index in [1.165, 1.54) is 4.90 Å². The van der Waals surface area contributed by atoms with E-state index >= 15 is 0 Å². The number of nitrogens with zero attached hydrogens (tertiary/aromatic N) is 1. The zero-order valence-electron chi connectivity index (χ0n) is 12.2. The summed E-state index contributed by atoms with van der Waals surface area (Å²) >= 11 is 5.06. The molecule has 1 amide bonds. The van der Waals surface area contributed by atoms with E-state index in [0.29, 0.717) is 10.2 Å². The Morgan fingerprint density at radius 1 is 1.40 bits per heavy atom. The van der Waals surface area contributed by atoms with E-state index in [2.05, 4.69) is 4.98 Å². The Morgan fingerprint density at radius 2 is 2.05 bits per heavy atom. The second-order valence-electron chi connectivity index (χ2n) is 5.48. The van der Waals surface area contributed by atoms with Gasteiger partial charge in [-0.25, -0.2) is 0 Å². The number of aromatic amines is 1. The molecule has 0 atom stereocenters. The van der Waals surface area contributed by atoms with Crippen molar-refractivity contribution in [2.24, 2.45) is 0 Å². The van der Waals surface area contributed by atoms with Crippen LogP contribution in [0.5, 0.6) is 0 Å². The first-order chi connectivity index (χ1) is 9.20. The van der Waals surface area contributed by atoms with E-state index in [9.17, 15) is 9.59 Å². The Kier molecular flexibility index (Phi) is 5.44. The summed E-state index contributed by atoms with van der Waals surface area (Å²) in [7, 11) is 1.63. The molecule has 0 aliphatic carbocycles. The fourth-order valence-electron chi connectivity index (χ4n) is 1.55. The van der Waals surface area contributed by atoms with Crippen LogP contribution in [-0.4, -0.2) is 41.0 Å². The molecule has 0 saturated carbocycles. The minimum absolute atomic E-state index is 0.156. The van der Waals surface area contributed by atoms with Crippen LogP contribution in [0.4, 0.5) is 0 Å². The molecule has 0 radical (unpaired) electrons. The third-order valence-electron chi connectivity index (χ3n) is 2.47. The van der Waals surface area contributed by atoms with Crippen molar-refractivity contribution in [1.82, 2.24) is 9.88 Å². The molecule has 5 nitrogen and oxygen atoms in total. The number of nitrogens with one attached hydrogen (secondary N) is 1. The predicted molar refractivity (Wildman–Crippen MR) is 79.0 cm³/mol. The van der Waals surface area contributed by atoms with Crippen molar-refractivity contribution in [3.63, 3.8) is 0 Å². The first kappa shape index (κ1) is 16.4. The number of hydrogen-bond donors (Lipinski definition) is 1. The molecule has 0 fully saturated rings. The second kappa shape index (κ2) is 6.65. The van der Waals surface area contributed by atoms with Crippen LogP contribution in [0.25, 0.3) is 0 Å². The lowest BCUT2D eigenvalue weighted by atomic mass is 10.2. The number of H-pyrrole nitrogens is 1. The van der Waals surface area contributed by atoms with Crippen LogP contribution in [0.1, 0.15) is 37.6 Å². The fraction of sp³-hybridized carbons (Fsp3) is 0.500. The second-order valence-corrected chi connectivity index (χ2v) is 5.88. The van der Waals surface area contributed by atoms with Crippen molar-refractivity contribution in [2.75, 3.05) is 13.6 Å². The summed E-state index contributed by atoms with van der Waals surface area (Å²) in [5.74, 6) is -0.536. The van der Waals surface area contributed by atoms with Crippen LogP contribution in [-0.2, 0) is 9.53 Å². The fourth-order valence-corrected chi connectivity index (χ4v) is 1.77. The number of carbonyl (C=O) groups is 2. The highest BCUT2D eigenvalue weighted by Crippen LogP contribution is 2.09. The average Bonchev–Trinajstić information content (AvgIpc) is 2.33. The molecule has 0 aromatic carbocycles. The normalized spacial score (nSPS) is 11.0. The van der Waals surface area contributed by atoms with Gasteiger partial charge in [0.25, 0.3) is 5.91 Å². The minimum Gasteiger partial charge on any atom is -0.460 e. The number of carbonyl (C=O) groups excluding carboxylic acids is 2. The van der Waals surface area contributed by atoms with Gasteiger partial charge in [-0.2, -0.15) is 0 Å². The lowest BCUT2D eigenvalue weighted by Crippen LogP contribution is -2.31. The maximum atomic E-state index is 12.2. The highest BCUT2D eigenvalue weighted by Gasteiger charge is 2.18. The van der Waals surface area contributed by atoms with Crippen LogP contribution in [0.15, 0.2) is 18.3 Å². The molecular weight excluding hydrogens is 276 g/mol.